The van der Waals surface area contributed by atoms with Gasteiger partial charge in [0.2, 0.25) is 0 Å². The number of hydrogen-bond donors (Lipinski definition) is 0. The molecule has 0 radical (unpaired) electrons. The number of fused-ring (bicyclic) bond motifs is 1. The molecule has 6 heteroatoms. The lowest BCUT2D eigenvalue weighted by Gasteiger charge is -2.09. The lowest BCUT2D eigenvalue weighted by molar-refractivity contribution is 0.0599. The fourth-order valence-corrected chi connectivity index (χ4v) is 2.64. The summed E-state index contributed by atoms with van der Waals surface area (Å²) < 4.78 is 6.19. The summed E-state index contributed by atoms with van der Waals surface area (Å²) in [5.74, 6) is -0.577. The van der Waals surface area contributed by atoms with Crippen LogP contribution in [0.2, 0.25) is 0 Å². The van der Waals surface area contributed by atoms with Gasteiger partial charge in [-0.3, -0.25) is 19.1 Å². The molecule has 0 aliphatic heterocycles. The predicted molar refractivity (Wildman–Crippen MR) is 93.4 cm³/mol. The maximum atomic E-state index is 12.8. The molecule has 126 valence electrons. The van der Waals surface area contributed by atoms with Gasteiger partial charge in [-0.05, 0) is 50.2 Å². The third kappa shape index (κ3) is 2.94. The summed E-state index contributed by atoms with van der Waals surface area (Å²) in [6.07, 6.45) is 1.62. The highest BCUT2D eigenvalue weighted by Crippen LogP contribution is 2.16. The van der Waals surface area contributed by atoms with Gasteiger partial charge in [-0.2, -0.15) is 0 Å². The van der Waals surface area contributed by atoms with Crippen molar-refractivity contribution in [3.8, 4) is 5.69 Å². The van der Waals surface area contributed by atoms with Crippen LogP contribution in [0.5, 0.6) is 0 Å². The molecule has 0 unspecified atom stereocenters. The summed E-state index contributed by atoms with van der Waals surface area (Å²) in [4.78, 5) is 40.4. The average molecular weight is 336 g/mol. The zero-order valence-electron chi connectivity index (χ0n) is 14.1. The molecule has 0 aliphatic carbocycles. The minimum absolute atomic E-state index is 0.0418. The van der Waals surface area contributed by atoms with Crippen LogP contribution >= 0.6 is 0 Å². The number of nitrogens with zero attached hydrogens (tertiary/aromatic N) is 2. The number of aryl methyl sites for hydroxylation is 1. The number of carbonyl (C=O) groups is 2. The van der Waals surface area contributed by atoms with Crippen molar-refractivity contribution in [3.63, 3.8) is 0 Å². The summed E-state index contributed by atoms with van der Waals surface area (Å²) in [6, 6.07) is 9.96. The molecule has 0 amide bonds. The van der Waals surface area contributed by atoms with Crippen LogP contribution in [0, 0.1) is 6.92 Å². The van der Waals surface area contributed by atoms with E-state index in [4.69, 9.17) is 4.74 Å². The number of carbonyl (C=O) groups excluding carboxylic acids is 2. The van der Waals surface area contributed by atoms with Crippen molar-refractivity contribution in [1.29, 1.82) is 0 Å². The fourth-order valence-electron chi connectivity index (χ4n) is 2.64. The molecule has 3 rings (SSSR count). The Bertz CT molecular complexity index is 1050. The number of methoxy groups -OCH3 is 1. The molecule has 25 heavy (non-hydrogen) atoms. The first kappa shape index (κ1) is 16.6. The van der Waals surface area contributed by atoms with Crippen molar-refractivity contribution in [1.82, 2.24) is 9.55 Å². The number of aromatic nitrogens is 2. The molecular weight excluding hydrogens is 320 g/mol. The Morgan fingerprint density at radius 1 is 1.12 bits per heavy atom. The van der Waals surface area contributed by atoms with Crippen molar-refractivity contribution in [2.75, 3.05) is 7.11 Å². The van der Waals surface area contributed by atoms with Gasteiger partial charge in [-0.25, -0.2) is 4.79 Å². The Balaban J connectivity index is 2.19. The maximum Gasteiger partial charge on any atom is 0.339 e. The summed E-state index contributed by atoms with van der Waals surface area (Å²) >= 11 is 0. The second-order valence-electron chi connectivity index (χ2n) is 5.64. The van der Waals surface area contributed by atoms with Gasteiger partial charge in [-0.1, -0.05) is 0 Å². The molecule has 3 aromatic rings. The normalized spacial score (nSPS) is 10.7. The molecule has 0 saturated carbocycles. The standard InChI is InChI=1S/C19H16N2O4/c1-11-15(19(24)25-3)10-16-17(20-11)8-9-21(18(16)23)14-6-4-13(5-7-14)12(2)22/h4-10H,1-3H3. The molecule has 0 aliphatic rings. The van der Waals surface area contributed by atoms with Gasteiger partial charge >= 0.3 is 5.97 Å². The topological polar surface area (TPSA) is 78.3 Å². The molecule has 0 atom stereocenters. The van der Waals surface area contributed by atoms with Crippen molar-refractivity contribution >= 4 is 22.7 Å². The molecule has 0 N–H and O–H groups in total. The second kappa shape index (κ2) is 6.32. The number of ketones is 1. The van der Waals surface area contributed by atoms with Crippen LogP contribution in [0.15, 0.2) is 47.4 Å². The third-order valence-corrected chi connectivity index (χ3v) is 4.03. The third-order valence-electron chi connectivity index (χ3n) is 4.03. The molecule has 1 aromatic carbocycles. The van der Waals surface area contributed by atoms with Crippen molar-refractivity contribution in [2.24, 2.45) is 0 Å². The lowest BCUT2D eigenvalue weighted by Crippen LogP contribution is -2.19. The van der Waals surface area contributed by atoms with E-state index in [0.717, 1.165) is 0 Å². The maximum absolute atomic E-state index is 12.8. The van der Waals surface area contributed by atoms with E-state index in [1.165, 1.54) is 24.7 Å². The van der Waals surface area contributed by atoms with E-state index >= 15 is 0 Å². The van der Waals surface area contributed by atoms with E-state index in [-0.39, 0.29) is 16.9 Å². The van der Waals surface area contributed by atoms with Crippen LogP contribution in [-0.2, 0) is 4.74 Å². The fraction of sp³-hybridized carbons (Fsp3) is 0.158. The average Bonchev–Trinajstić information content (AvgIpc) is 2.61. The number of rotatable bonds is 3. The number of ether oxygens (including phenoxy) is 1. The number of Topliss-reactive ketones (excluding diaryl/α,β-unsaturated/α-hetero) is 1. The Morgan fingerprint density at radius 2 is 1.80 bits per heavy atom. The molecule has 2 aromatic heterocycles. The summed E-state index contributed by atoms with van der Waals surface area (Å²) in [5.41, 5.74) is 2.16. The number of benzene rings is 1. The van der Waals surface area contributed by atoms with Crippen LogP contribution in [0.1, 0.15) is 33.3 Å². The first-order chi connectivity index (χ1) is 11.9. The highest BCUT2D eigenvalue weighted by molar-refractivity contribution is 5.95. The minimum atomic E-state index is -0.535. The van der Waals surface area contributed by atoms with E-state index in [9.17, 15) is 14.4 Å². The SMILES string of the molecule is COC(=O)c1cc2c(=O)n(-c3ccc(C(C)=O)cc3)ccc2nc1C. The first-order valence-corrected chi connectivity index (χ1v) is 7.65. The van der Waals surface area contributed by atoms with Gasteiger partial charge in [-0.15, -0.1) is 0 Å². The molecular formula is C19H16N2O4. The largest absolute Gasteiger partial charge is 0.465 e. The Kier molecular flexibility index (Phi) is 4.19. The van der Waals surface area contributed by atoms with Gasteiger partial charge in [0, 0.05) is 17.4 Å². The van der Waals surface area contributed by atoms with Crippen molar-refractivity contribution in [3.05, 3.63) is 69.8 Å². The monoisotopic (exact) mass is 336 g/mol. The van der Waals surface area contributed by atoms with Crippen LogP contribution in [-0.4, -0.2) is 28.4 Å². The zero-order chi connectivity index (χ0) is 18.1. The first-order valence-electron chi connectivity index (χ1n) is 7.65. The lowest BCUT2D eigenvalue weighted by atomic mass is 10.1. The van der Waals surface area contributed by atoms with Crippen LogP contribution in [0.25, 0.3) is 16.6 Å². The Labute approximate surface area is 143 Å². The van der Waals surface area contributed by atoms with E-state index < -0.39 is 5.97 Å². The molecule has 0 bridgehead atoms. The van der Waals surface area contributed by atoms with Crippen LogP contribution in [0.4, 0.5) is 0 Å². The highest BCUT2D eigenvalue weighted by atomic mass is 16.5. The van der Waals surface area contributed by atoms with Crippen molar-refractivity contribution in [2.45, 2.75) is 13.8 Å². The van der Waals surface area contributed by atoms with Crippen LogP contribution < -0.4 is 5.56 Å². The second-order valence-corrected chi connectivity index (χ2v) is 5.64. The quantitative estimate of drug-likeness (QED) is 0.543. The zero-order valence-corrected chi connectivity index (χ0v) is 14.1. The molecule has 2 heterocycles. The Hall–Kier alpha value is -3.28. The summed E-state index contributed by atoms with van der Waals surface area (Å²) in [5, 5.41) is 0.323. The summed E-state index contributed by atoms with van der Waals surface area (Å²) in [7, 11) is 1.28. The highest BCUT2D eigenvalue weighted by Gasteiger charge is 2.14. The van der Waals surface area contributed by atoms with Gasteiger partial charge in [0.25, 0.3) is 5.56 Å². The van der Waals surface area contributed by atoms with E-state index in [1.807, 2.05) is 0 Å². The Morgan fingerprint density at radius 3 is 2.40 bits per heavy atom. The van der Waals surface area contributed by atoms with E-state index in [0.29, 0.717) is 27.8 Å². The molecule has 0 spiro atoms. The molecule has 0 fully saturated rings. The summed E-state index contributed by atoms with van der Waals surface area (Å²) in [6.45, 7) is 3.18. The van der Waals surface area contributed by atoms with Gasteiger partial charge in [0.1, 0.15) is 0 Å². The molecule has 0 saturated heterocycles. The van der Waals surface area contributed by atoms with Crippen molar-refractivity contribution < 1.29 is 14.3 Å². The number of pyridine rings is 2. The van der Waals surface area contributed by atoms with E-state index in [2.05, 4.69) is 4.98 Å². The van der Waals surface area contributed by atoms with Gasteiger partial charge in [0.05, 0.1) is 29.3 Å². The van der Waals surface area contributed by atoms with Crippen LogP contribution in [0.3, 0.4) is 0 Å². The smallest absolute Gasteiger partial charge is 0.339 e. The van der Waals surface area contributed by atoms with E-state index in [1.54, 1.807) is 43.5 Å². The minimum Gasteiger partial charge on any atom is -0.465 e. The van der Waals surface area contributed by atoms with Gasteiger partial charge < -0.3 is 4.74 Å². The number of esters is 1. The number of hydrogen-bond acceptors (Lipinski definition) is 5. The molecule has 6 nitrogen and oxygen atoms in total. The van der Waals surface area contributed by atoms with Gasteiger partial charge in [0.15, 0.2) is 5.78 Å². The predicted octanol–water partition coefficient (Wildman–Crippen LogP) is 2.68.